The topological polar surface area (TPSA) is 92.4 Å². The van der Waals surface area contributed by atoms with E-state index in [-0.39, 0.29) is 6.42 Å². The predicted molar refractivity (Wildman–Crippen MR) is 52.9 cm³/mol. The zero-order valence-electron chi connectivity index (χ0n) is 8.01. The number of rotatable bonds is 4. The van der Waals surface area contributed by atoms with E-state index in [9.17, 15) is 9.59 Å². The Hall–Kier alpha value is -1.88. The number of benzene rings is 1. The molecule has 0 bridgehead atoms. The molecular formula is C10H12N2O3. The fourth-order valence-corrected chi connectivity index (χ4v) is 1.30. The number of carbonyl (C=O) groups excluding carboxylic acids is 2. The van der Waals surface area contributed by atoms with Gasteiger partial charge in [-0.25, -0.2) is 5.48 Å². The molecule has 4 N–H and O–H groups in total. The first-order valence-corrected chi connectivity index (χ1v) is 4.42. The van der Waals surface area contributed by atoms with E-state index in [0.29, 0.717) is 5.56 Å². The lowest BCUT2D eigenvalue weighted by Crippen LogP contribution is -2.28. The molecule has 0 aliphatic carbocycles. The summed E-state index contributed by atoms with van der Waals surface area (Å²) < 4.78 is 0. The van der Waals surface area contributed by atoms with Crippen LogP contribution < -0.4 is 11.2 Å². The minimum absolute atomic E-state index is 0.157. The van der Waals surface area contributed by atoms with Crippen molar-refractivity contribution in [1.82, 2.24) is 5.48 Å². The number of primary amides is 1. The molecule has 0 radical (unpaired) electrons. The Morgan fingerprint density at radius 2 is 1.93 bits per heavy atom. The predicted octanol–water partition coefficient (Wildman–Crippen LogP) is 0.151. The minimum Gasteiger partial charge on any atom is -0.369 e. The van der Waals surface area contributed by atoms with Gasteiger partial charge in [-0.15, -0.1) is 0 Å². The highest BCUT2D eigenvalue weighted by atomic mass is 16.5. The molecule has 80 valence electrons. The van der Waals surface area contributed by atoms with Crippen molar-refractivity contribution in [2.24, 2.45) is 5.73 Å². The Morgan fingerprint density at radius 3 is 2.40 bits per heavy atom. The summed E-state index contributed by atoms with van der Waals surface area (Å²) in [6, 6.07) is 8.72. The molecule has 0 spiro atoms. The van der Waals surface area contributed by atoms with E-state index >= 15 is 0 Å². The van der Waals surface area contributed by atoms with E-state index < -0.39 is 17.7 Å². The standard InChI is InChI=1S/C10H12N2O3/c11-10(14)8(6-9(13)12-15)7-4-2-1-3-5-7/h1-5,8,15H,6H2,(H2,11,14)(H,12,13). The number of hydrogen-bond acceptors (Lipinski definition) is 3. The van der Waals surface area contributed by atoms with E-state index in [4.69, 9.17) is 10.9 Å². The van der Waals surface area contributed by atoms with Gasteiger partial charge in [0.05, 0.1) is 5.92 Å². The van der Waals surface area contributed by atoms with Crippen LogP contribution in [0.25, 0.3) is 0 Å². The molecule has 0 aromatic heterocycles. The van der Waals surface area contributed by atoms with Gasteiger partial charge >= 0.3 is 0 Å². The number of nitrogens with one attached hydrogen (secondary N) is 1. The van der Waals surface area contributed by atoms with Gasteiger partial charge in [-0.2, -0.15) is 0 Å². The molecule has 5 heteroatoms. The van der Waals surface area contributed by atoms with Gasteiger partial charge in [-0.05, 0) is 5.56 Å². The zero-order valence-corrected chi connectivity index (χ0v) is 8.01. The van der Waals surface area contributed by atoms with Crippen molar-refractivity contribution in [3.63, 3.8) is 0 Å². The molecule has 1 unspecified atom stereocenters. The normalized spacial score (nSPS) is 11.8. The lowest BCUT2D eigenvalue weighted by molar-refractivity contribution is -0.132. The molecule has 0 heterocycles. The molecule has 1 aromatic rings. The summed E-state index contributed by atoms with van der Waals surface area (Å²) in [6.07, 6.45) is -0.157. The summed E-state index contributed by atoms with van der Waals surface area (Å²) in [5, 5.41) is 8.36. The molecule has 2 amide bonds. The van der Waals surface area contributed by atoms with Crippen LogP contribution in [0, 0.1) is 0 Å². The third kappa shape index (κ3) is 3.07. The Labute approximate surface area is 86.9 Å². The summed E-state index contributed by atoms with van der Waals surface area (Å²) in [5.74, 6) is -1.94. The lowest BCUT2D eigenvalue weighted by atomic mass is 9.95. The monoisotopic (exact) mass is 208 g/mol. The molecule has 0 aliphatic heterocycles. The second kappa shape index (κ2) is 5.11. The van der Waals surface area contributed by atoms with Crippen LogP contribution in [-0.2, 0) is 9.59 Å². The van der Waals surface area contributed by atoms with Crippen molar-refractivity contribution in [2.75, 3.05) is 0 Å². The van der Waals surface area contributed by atoms with Crippen molar-refractivity contribution < 1.29 is 14.8 Å². The van der Waals surface area contributed by atoms with Crippen LogP contribution in [0.15, 0.2) is 30.3 Å². The van der Waals surface area contributed by atoms with Crippen LogP contribution in [0.2, 0.25) is 0 Å². The minimum atomic E-state index is -0.710. The summed E-state index contributed by atoms with van der Waals surface area (Å²) >= 11 is 0. The van der Waals surface area contributed by atoms with Crippen LogP contribution in [0.5, 0.6) is 0 Å². The van der Waals surface area contributed by atoms with Crippen LogP contribution in [0.4, 0.5) is 0 Å². The Balaban J connectivity index is 2.84. The average molecular weight is 208 g/mol. The average Bonchev–Trinajstić information content (AvgIpc) is 2.26. The van der Waals surface area contributed by atoms with Crippen molar-refractivity contribution in [2.45, 2.75) is 12.3 Å². The number of hydroxylamine groups is 1. The molecule has 1 atom stereocenters. The van der Waals surface area contributed by atoms with E-state index in [1.54, 1.807) is 30.3 Å². The third-order valence-electron chi connectivity index (χ3n) is 2.06. The molecule has 0 aliphatic rings. The van der Waals surface area contributed by atoms with Crippen LogP contribution in [0.3, 0.4) is 0 Å². The first-order chi connectivity index (χ1) is 7.15. The fourth-order valence-electron chi connectivity index (χ4n) is 1.30. The van der Waals surface area contributed by atoms with E-state index in [1.807, 2.05) is 0 Å². The lowest BCUT2D eigenvalue weighted by Gasteiger charge is -2.11. The highest BCUT2D eigenvalue weighted by Gasteiger charge is 2.20. The maximum absolute atomic E-state index is 11.1. The quantitative estimate of drug-likeness (QED) is 0.485. The Kier molecular flexibility index (Phi) is 3.82. The molecule has 0 fully saturated rings. The maximum Gasteiger partial charge on any atom is 0.244 e. The number of nitrogens with two attached hydrogens (primary N) is 1. The van der Waals surface area contributed by atoms with Gasteiger partial charge in [0.1, 0.15) is 0 Å². The number of amides is 2. The number of carbonyl (C=O) groups is 2. The highest BCUT2D eigenvalue weighted by Crippen LogP contribution is 2.18. The van der Waals surface area contributed by atoms with E-state index in [0.717, 1.165) is 0 Å². The van der Waals surface area contributed by atoms with E-state index in [2.05, 4.69) is 0 Å². The molecule has 0 saturated carbocycles. The second-order valence-electron chi connectivity index (χ2n) is 3.10. The van der Waals surface area contributed by atoms with Crippen molar-refractivity contribution in [1.29, 1.82) is 0 Å². The molecule has 5 nitrogen and oxygen atoms in total. The van der Waals surface area contributed by atoms with Gasteiger partial charge in [0.25, 0.3) is 0 Å². The van der Waals surface area contributed by atoms with Crippen molar-refractivity contribution in [3.8, 4) is 0 Å². The fraction of sp³-hybridized carbons (Fsp3) is 0.200. The van der Waals surface area contributed by atoms with Gasteiger partial charge < -0.3 is 5.73 Å². The first-order valence-electron chi connectivity index (χ1n) is 4.42. The zero-order chi connectivity index (χ0) is 11.3. The molecular weight excluding hydrogens is 196 g/mol. The maximum atomic E-state index is 11.1. The summed E-state index contributed by atoms with van der Waals surface area (Å²) in [4.78, 5) is 22.0. The van der Waals surface area contributed by atoms with Crippen molar-refractivity contribution >= 4 is 11.8 Å². The molecule has 1 aromatic carbocycles. The van der Waals surface area contributed by atoms with Gasteiger partial charge in [0.15, 0.2) is 0 Å². The van der Waals surface area contributed by atoms with Crippen LogP contribution >= 0.6 is 0 Å². The van der Waals surface area contributed by atoms with Gasteiger partial charge in [0.2, 0.25) is 11.8 Å². The third-order valence-corrected chi connectivity index (χ3v) is 2.06. The Morgan fingerprint density at radius 1 is 1.33 bits per heavy atom. The largest absolute Gasteiger partial charge is 0.369 e. The van der Waals surface area contributed by atoms with E-state index in [1.165, 1.54) is 5.48 Å². The Bertz CT molecular complexity index is 351. The highest BCUT2D eigenvalue weighted by molar-refractivity contribution is 5.88. The molecule has 1 rings (SSSR count). The smallest absolute Gasteiger partial charge is 0.244 e. The van der Waals surface area contributed by atoms with Gasteiger partial charge in [0, 0.05) is 6.42 Å². The van der Waals surface area contributed by atoms with Gasteiger partial charge in [-0.1, -0.05) is 30.3 Å². The summed E-state index contributed by atoms with van der Waals surface area (Å²) in [7, 11) is 0. The van der Waals surface area contributed by atoms with Crippen LogP contribution in [-0.4, -0.2) is 17.0 Å². The van der Waals surface area contributed by atoms with Crippen molar-refractivity contribution in [3.05, 3.63) is 35.9 Å². The molecule has 15 heavy (non-hydrogen) atoms. The summed E-state index contributed by atoms with van der Waals surface area (Å²) in [6.45, 7) is 0. The number of hydrogen-bond donors (Lipinski definition) is 3. The SMILES string of the molecule is NC(=O)C(CC(=O)NO)c1ccccc1. The first kappa shape index (κ1) is 11.2. The summed E-state index contributed by atoms with van der Waals surface area (Å²) in [5.41, 5.74) is 7.31. The van der Waals surface area contributed by atoms with Crippen LogP contribution in [0.1, 0.15) is 17.9 Å². The second-order valence-corrected chi connectivity index (χ2v) is 3.10. The molecule has 0 saturated heterocycles. The van der Waals surface area contributed by atoms with Gasteiger partial charge in [-0.3, -0.25) is 14.8 Å².